The lowest BCUT2D eigenvalue weighted by atomic mass is 10.1. The van der Waals surface area contributed by atoms with Gasteiger partial charge in [-0.2, -0.15) is 0 Å². The molecule has 0 heterocycles. The number of benzene rings is 1. The first-order chi connectivity index (χ1) is 9.26. The van der Waals surface area contributed by atoms with Crippen molar-refractivity contribution in [3.8, 4) is 0 Å². The molecule has 0 fully saturated rings. The van der Waals surface area contributed by atoms with E-state index < -0.39 is 8.32 Å². The van der Waals surface area contributed by atoms with Gasteiger partial charge < -0.3 is 4.43 Å². The van der Waals surface area contributed by atoms with Crippen LogP contribution in [0.3, 0.4) is 0 Å². The Bertz CT molecular complexity index is 462. The van der Waals surface area contributed by atoms with Crippen LogP contribution in [0.1, 0.15) is 26.3 Å². The van der Waals surface area contributed by atoms with Gasteiger partial charge in [0.1, 0.15) is 0 Å². The fourth-order valence-electron chi connectivity index (χ4n) is 1.61. The van der Waals surface area contributed by atoms with Crippen LogP contribution in [-0.4, -0.2) is 21.0 Å². The molecule has 1 unspecified atom stereocenters. The Morgan fingerprint density at radius 3 is 2.35 bits per heavy atom. The third-order valence-electron chi connectivity index (χ3n) is 3.97. The first kappa shape index (κ1) is 16.8. The van der Waals surface area contributed by atoms with Crippen LogP contribution in [-0.2, 0) is 10.8 Å². The molecule has 0 saturated heterocycles. The van der Waals surface area contributed by atoms with E-state index in [0.717, 1.165) is 6.42 Å². The highest BCUT2D eigenvalue weighted by atomic mass is 28.4. The van der Waals surface area contributed by atoms with Gasteiger partial charge in [0, 0.05) is 11.5 Å². The van der Waals surface area contributed by atoms with Crippen molar-refractivity contribution in [2.45, 2.75) is 51.4 Å². The number of azide groups is 1. The van der Waals surface area contributed by atoms with Gasteiger partial charge in [0.2, 0.25) is 0 Å². The standard InChI is InChI=1S/C15H25N3OSi/c1-15(2,3)20(4,5)19-12-14(17-18-16)11-13-9-7-6-8-10-13/h6-10,14H,11-12H2,1-5H3. The second-order valence-electron chi connectivity index (χ2n) is 6.62. The molecule has 4 nitrogen and oxygen atoms in total. The molecule has 0 saturated carbocycles. The molecular formula is C15H25N3OSi. The molecule has 0 aliphatic heterocycles. The zero-order chi connectivity index (χ0) is 15.2. The summed E-state index contributed by atoms with van der Waals surface area (Å²) in [5.74, 6) is 0. The Labute approximate surface area is 122 Å². The molecule has 0 amide bonds. The Morgan fingerprint density at radius 1 is 1.25 bits per heavy atom. The van der Waals surface area contributed by atoms with Crippen molar-refractivity contribution < 1.29 is 4.43 Å². The molecule has 0 bridgehead atoms. The van der Waals surface area contributed by atoms with Crippen LogP contribution >= 0.6 is 0 Å². The van der Waals surface area contributed by atoms with Crippen molar-refractivity contribution in [1.82, 2.24) is 0 Å². The summed E-state index contributed by atoms with van der Waals surface area (Å²) in [5.41, 5.74) is 9.89. The van der Waals surface area contributed by atoms with Crippen LogP contribution in [0.15, 0.2) is 35.4 Å². The Kier molecular flexibility index (Phi) is 5.81. The van der Waals surface area contributed by atoms with E-state index in [1.54, 1.807) is 0 Å². The highest BCUT2D eigenvalue weighted by molar-refractivity contribution is 6.74. The van der Waals surface area contributed by atoms with E-state index in [2.05, 4.69) is 43.9 Å². The van der Waals surface area contributed by atoms with Crippen molar-refractivity contribution in [3.05, 3.63) is 46.3 Å². The molecular weight excluding hydrogens is 266 g/mol. The minimum Gasteiger partial charge on any atom is -0.416 e. The fourth-order valence-corrected chi connectivity index (χ4v) is 2.66. The molecule has 0 aliphatic rings. The fraction of sp³-hybridized carbons (Fsp3) is 0.600. The lowest BCUT2D eigenvalue weighted by Gasteiger charge is -2.36. The highest BCUT2D eigenvalue weighted by Crippen LogP contribution is 2.36. The monoisotopic (exact) mass is 291 g/mol. The second kappa shape index (κ2) is 6.93. The molecule has 0 aromatic heterocycles. The summed E-state index contributed by atoms with van der Waals surface area (Å²) in [6, 6.07) is 9.93. The van der Waals surface area contributed by atoms with Gasteiger partial charge in [-0.05, 0) is 35.6 Å². The van der Waals surface area contributed by atoms with Crippen LogP contribution < -0.4 is 0 Å². The van der Waals surface area contributed by atoms with E-state index in [1.807, 2.05) is 30.3 Å². The summed E-state index contributed by atoms with van der Waals surface area (Å²) in [4.78, 5) is 2.96. The Balaban J connectivity index is 2.67. The van der Waals surface area contributed by atoms with E-state index >= 15 is 0 Å². The van der Waals surface area contributed by atoms with Crippen molar-refractivity contribution in [1.29, 1.82) is 0 Å². The zero-order valence-electron chi connectivity index (χ0n) is 13.1. The van der Waals surface area contributed by atoms with E-state index in [1.165, 1.54) is 5.56 Å². The topological polar surface area (TPSA) is 58.0 Å². The van der Waals surface area contributed by atoms with E-state index in [9.17, 15) is 0 Å². The molecule has 1 aromatic carbocycles. The van der Waals surface area contributed by atoms with Gasteiger partial charge in [0.25, 0.3) is 0 Å². The third-order valence-corrected chi connectivity index (χ3v) is 8.47. The molecule has 0 N–H and O–H groups in total. The maximum absolute atomic E-state index is 8.72. The number of nitrogens with zero attached hydrogens (tertiary/aromatic N) is 3. The summed E-state index contributed by atoms with van der Waals surface area (Å²) >= 11 is 0. The Hall–Kier alpha value is -1.29. The first-order valence-corrected chi connectivity index (χ1v) is 9.89. The van der Waals surface area contributed by atoms with Crippen molar-refractivity contribution in [2.75, 3.05) is 6.61 Å². The van der Waals surface area contributed by atoms with E-state index in [4.69, 9.17) is 9.96 Å². The molecule has 5 heteroatoms. The largest absolute Gasteiger partial charge is 0.416 e. The summed E-state index contributed by atoms with van der Waals surface area (Å²) in [6.45, 7) is 11.5. The zero-order valence-corrected chi connectivity index (χ0v) is 14.1. The third kappa shape index (κ3) is 5.00. The number of rotatable bonds is 6. The molecule has 0 radical (unpaired) electrons. The molecule has 20 heavy (non-hydrogen) atoms. The van der Waals surface area contributed by atoms with Crippen LogP contribution in [0.4, 0.5) is 0 Å². The molecule has 1 rings (SSSR count). The maximum atomic E-state index is 8.72. The maximum Gasteiger partial charge on any atom is 0.191 e. The van der Waals surface area contributed by atoms with Crippen molar-refractivity contribution >= 4 is 8.32 Å². The summed E-state index contributed by atoms with van der Waals surface area (Å²) < 4.78 is 6.15. The smallest absolute Gasteiger partial charge is 0.191 e. The van der Waals surface area contributed by atoms with Crippen LogP contribution in [0, 0.1) is 0 Å². The van der Waals surface area contributed by atoms with Crippen LogP contribution in [0.5, 0.6) is 0 Å². The first-order valence-electron chi connectivity index (χ1n) is 6.98. The normalized spacial score (nSPS) is 13.7. The second-order valence-corrected chi connectivity index (χ2v) is 11.4. The van der Waals surface area contributed by atoms with Gasteiger partial charge in [-0.3, -0.25) is 0 Å². The number of hydrogen-bond acceptors (Lipinski definition) is 2. The minimum absolute atomic E-state index is 0.142. The lowest BCUT2D eigenvalue weighted by molar-refractivity contribution is 0.262. The molecule has 0 spiro atoms. The van der Waals surface area contributed by atoms with Gasteiger partial charge >= 0.3 is 0 Å². The number of hydrogen-bond donors (Lipinski definition) is 0. The van der Waals surface area contributed by atoms with Crippen molar-refractivity contribution in [3.63, 3.8) is 0 Å². The average Bonchev–Trinajstić information content (AvgIpc) is 2.36. The predicted octanol–water partition coefficient (Wildman–Crippen LogP) is 4.93. The van der Waals surface area contributed by atoms with Crippen molar-refractivity contribution in [2.24, 2.45) is 5.11 Å². The summed E-state index contributed by atoms with van der Waals surface area (Å²) in [5, 5.41) is 4.05. The van der Waals surface area contributed by atoms with Gasteiger partial charge in [-0.15, -0.1) is 0 Å². The van der Waals surface area contributed by atoms with Gasteiger partial charge in [-0.1, -0.05) is 56.2 Å². The van der Waals surface area contributed by atoms with Gasteiger partial charge in [0.05, 0.1) is 6.04 Å². The summed E-state index contributed by atoms with van der Waals surface area (Å²) in [7, 11) is -1.80. The molecule has 110 valence electrons. The minimum atomic E-state index is -1.80. The lowest BCUT2D eigenvalue weighted by Crippen LogP contribution is -2.42. The van der Waals surface area contributed by atoms with Crippen LogP contribution in [0.2, 0.25) is 18.1 Å². The van der Waals surface area contributed by atoms with Gasteiger partial charge in [0.15, 0.2) is 8.32 Å². The van der Waals surface area contributed by atoms with Crippen LogP contribution in [0.25, 0.3) is 10.4 Å². The Morgan fingerprint density at radius 2 is 1.85 bits per heavy atom. The quantitative estimate of drug-likeness (QED) is 0.317. The van der Waals surface area contributed by atoms with E-state index in [0.29, 0.717) is 6.61 Å². The molecule has 1 atom stereocenters. The summed E-state index contributed by atoms with van der Waals surface area (Å²) in [6.07, 6.45) is 0.722. The molecule has 0 aliphatic carbocycles. The molecule has 1 aromatic rings. The predicted molar refractivity (Wildman–Crippen MR) is 86.2 cm³/mol. The average molecular weight is 291 g/mol. The van der Waals surface area contributed by atoms with Gasteiger partial charge in [-0.25, -0.2) is 0 Å². The van der Waals surface area contributed by atoms with E-state index in [-0.39, 0.29) is 11.1 Å². The highest BCUT2D eigenvalue weighted by Gasteiger charge is 2.37. The SMILES string of the molecule is CC(C)(C)[Si](C)(C)OCC(Cc1ccccc1)N=[N+]=[N-].